The van der Waals surface area contributed by atoms with Crippen LogP contribution in [0.2, 0.25) is 5.02 Å². The minimum atomic E-state index is 0.180. The molecular weight excluding hydrogens is 364 g/mol. The van der Waals surface area contributed by atoms with Crippen LogP contribution in [-0.4, -0.2) is 38.0 Å². The Morgan fingerprint density at radius 1 is 0.926 bits per heavy atom. The molecule has 0 saturated heterocycles. The van der Waals surface area contributed by atoms with E-state index in [0.717, 1.165) is 48.7 Å². The van der Waals surface area contributed by atoms with Crippen molar-refractivity contribution in [3.05, 3.63) is 58.6 Å². The molecule has 0 fully saturated rings. The summed E-state index contributed by atoms with van der Waals surface area (Å²) in [6.45, 7) is 6.40. The fourth-order valence-electron chi connectivity index (χ4n) is 2.61. The van der Waals surface area contributed by atoms with Crippen molar-refractivity contribution >= 4 is 11.6 Å². The second kappa shape index (κ2) is 12.6. The molecule has 6 heteroatoms. The van der Waals surface area contributed by atoms with Gasteiger partial charge in [-0.2, -0.15) is 0 Å². The molecule has 0 unspecified atom stereocenters. The number of nitrogens with one attached hydrogen (secondary N) is 2. The van der Waals surface area contributed by atoms with Crippen molar-refractivity contribution in [3.63, 3.8) is 0 Å². The van der Waals surface area contributed by atoms with Crippen LogP contribution in [0.25, 0.3) is 0 Å². The average molecular weight is 393 g/mol. The lowest BCUT2D eigenvalue weighted by atomic mass is 10.2. The van der Waals surface area contributed by atoms with Crippen LogP contribution in [0, 0.1) is 0 Å². The number of hydrogen-bond acceptors (Lipinski definition) is 5. The van der Waals surface area contributed by atoms with Gasteiger partial charge in [0.05, 0.1) is 13.2 Å². The Balaban J connectivity index is 1.85. The van der Waals surface area contributed by atoms with E-state index in [1.54, 1.807) is 0 Å². The van der Waals surface area contributed by atoms with E-state index in [1.165, 1.54) is 0 Å². The van der Waals surface area contributed by atoms with Gasteiger partial charge in [0.2, 0.25) is 0 Å². The molecule has 0 amide bonds. The smallest absolute Gasteiger partial charge is 0.161 e. The maximum Gasteiger partial charge on any atom is 0.161 e. The molecule has 5 nitrogen and oxygen atoms in total. The molecule has 148 valence electrons. The molecular formula is C21H29ClN2O3. The standard InChI is InChI=1S/C21H29ClN2O3/c1-2-26-21-14-17(15-24-10-4-9-23-11-12-25)7-8-20(21)27-16-18-5-3-6-19(22)13-18/h3,5-8,13-14,23-25H,2,4,9-12,15-16H2,1H3. The zero-order valence-electron chi connectivity index (χ0n) is 15.8. The molecule has 0 bridgehead atoms. The van der Waals surface area contributed by atoms with E-state index in [1.807, 2.05) is 49.4 Å². The highest BCUT2D eigenvalue weighted by Crippen LogP contribution is 2.29. The number of rotatable bonds is 13. The number of ether oxygens (including phenoxy) is 2. The Morgan fingerprint density at radius 2 is 1.78 bits per heavy atom. The van der Waals surface area contributed by atoms with Crippen LogP contribution in [0.1, 0.15) is 24.5 Å². The van der Waals surface area contributed by atoms with Gasteiger partial charge in [0.25, 0.3) is 0 Å². The maximum atomic E-state index is 8.72. The molecule has 0 aliphatic rings. The van der Waals surface area contributed by atoms with Crippen LogP contribution in [0.5, 0.6) is 11.5 Å². The first-order valence-corrected chi connectivity index (χ1v) is 9.76. The summed E-state index contributed by atoms with van der Waals surface area (Å²) in [6.07, 6.45) is 1.01. The Kier molecular flexibility index (Phi) is 10.0. The quantitative estimate of drug-likeness (QED) is 0.456. The highest BCUT2D eigenvalue weighted by Gasteiger charge is 2.07. The molecule has 0 aromatic heterocycles. The molecule has 0 saturated carbocycles. The van der Waals surface area contributed by atoms with Gasteiger partial charge in [-0.05, 0) is 61.8 Å². The van der Waals surface area contributed by atoms with Crippen molar-refractivity contribution in [2.45, 2.75) is 26.5 Å². The Hall–Kier alpha value is -1.79. The van der Waals surface area contributed by atoms with E-state index in [4.69, 9.17) is 26.2 Å². The lowest BCUT2D eigenvalue weighted by Gasteiger charge is -2.14. The van der Waals surface area contributed by atoms with Gasteiger partial charge in [0, 0.05) is 18.1 Å². The van der Waals surface area contributed by atoms with Crippen molar-refractivity contribution in [2.24, 2.45) is 0 Å². The lowest BCUT2D eigenvalue weighted by Crippen LogP contribution is -2.23. The Bertz CT molecular complexity index is 682. The summed E-state index contributed by atoms with van der Waals surface area (Å²) in [4.78, 5) is 0. The van der Waals surface area contributed by atoms with Crippen LogP contribution in [-0.2, 0) is 13.2 Å². The Labute approximate surface area is 166 Å². The summed E-state index contributed by atoms with van der Waals surface area (Å²) in [5, 5.41) is 16.0. The van der Waals surface area contributed by atoms with Crippen LogP contribution in [0.3, 0.4) is 0 Å². The molecule has 0 radical (unpaired) electrons. The number of halogens is 1. The van der Waals surface area contributed by atoms with Gasteiger partial charge in [0.1, 0.15) is 6.61 Å². The first-order valence-electron chi connectivity index (χ1n) is 9.38. The van der Waals surface area contributed by atoms with Gasteiger partial charge in [-0.1, -0.05) is 29.8 Å². The number of benzene rings is 2. The summed E-state index contributed by atoms with van der Waals surface area (Å²) in [7, 11) is 0. The summed E-state index contributed by atoms with van der Waals surface area (Å²) in [6, 6.07) is 13.7. The third-order valence-corrected chi connectivity index (χ3v) is 4.15. The SMILES string of the molecule is CCOc1cc(CNCCCNCCO)ccc1OCc1cccc(Cl)c1. The van der Waals surface area contributed by atoms with Crippen molar-refractivity contribution in [1.29, 1.82) is 0 Å². The summed E-state index contributed by atoms with van der Waals surface area (Å²) in [5.41, 5.74) is 2.17. The molecule has 0 atom stereocenters. The largest absolute Gasteiger partial charge is 0.490 e. The highest BCUT2D eigenvalue weighted by molar-refractivity contribution is 6.30. The first-order chi connectivity index (χ1) is 13.2. The molecule has 3 N–H and O–H groups in total. The molecule has 2 rings (SSSR count). The number of aliphatic hydroxyl groups excluding tert-OH is 1. The number of aliphatic hydroxyl groups is 1. The minimum absolute atomic E-state index is 0.180. The molecule has 0 heterocycles. The van der Waals surface area contributed by atoms with Crippen molar-refractivity contribution in [1.82, 2.24) is 10.6 Å². The van der Waals surface area contributed by atoms with Crippen molar-refractivity contribution in [3.8, 4) is 11.5 Å². The third kappa shape index (κ3) is 8.18. The topological polar surface area (TPSA) is 62.8 Å². The third-order valence-electron chi connectivity index (χ3n) is 3.92. The number of hydrogen-bond donors (Lipinski definition) is 3. The molecule has 2 aromatic rings. The Morgan fingerprint density at radius 3 is 2.56 bits per heavy atom. The molecule has 27 heavy (non-hydrogen) atoms. The van der Waals surface area contributed by atoms with E-state index in [-0.39, 0.29) is 6.61 Å². The highest BCUT2D eigenvalue weighted by atomic mass is 35.5. The summed E-state index contributed by atoms with van der Waals surface area (Å²) >= 11 is 6.02. The van der Waals surface area contributed by atoms with E-state index in [0.29, 0.717) is 24.8 Å². The van der Waals surface area contributed by atoms with Gasteiger partial charge in [-0.15, -0.1) is 0 Å². The summed E-state index contributed by atoms with van der Waals surface area (Å²) in [5.74, 6) is 1.48. The molecule has 2 aromatic carbocycles. The van der Waals surface area contributed by atoms with E-state index in [9.17, 15) is 0 Å². The van der Waals surface area contributed by atoms with Gasteiger partial charge < -0.3 is 25.2 Å². The van der Waals surface area contributed by atoms with Gasteiger partial charge >= 0.3 is 0 Å². The minimum Gasteiger partial charge on any atom is -0.490 e. The fourth-order valence-corrected chi connectivity index (χ4v) is 2.83. The van der Waals surface area contributed by atoms with E-state index in [2.05, 4.69) is 10.6 Å². The zero-order chi connectivity index (χ0) is 19.3. The van der Waals surface area contributed by atoms with E-state index >= 15 is 0 Å². The van der Waals surface area contributed by atoms with Crippen LogP contribution < -0.4 is 20.1 Å². The molecule has 0 aliphatic heterocycles. The van der Waals surface area contributed by atoms with Crippen LogP contribution in [0.4, 0.5) is 0 Å². The fraction of sp³-hybridized carbons (Fsp3) is 0.429. The first kappa shape index (κ1) is 21.5. The van der Waals surface area contributed by atoms with Gasteiger partial charge in [-0.3, -0.25) is 0 Å². The van der Waals surface area contributed by atoms with Crippen molar-refractivity contribution < 1.29 is 14.6 Å². The second-order valence-electron chi connectivity index (χ2n) is 6.14. The predicted molar refractivity (Wildman–Crippen MR) is 110 cm³/mol. The molecule has 0 spiro atoms. The van der Waals surface area contributed by atoms with Gasteiger partial charge in [-0.25, -0.2) is 0 Å². The van der Waals surface area contributed by atoms with E-state index < -0.39 is 0 Å². The van der Waals surface area contributed by atoms with Crippen molar-refractivity contribution in [2.75, 3.05) is 32.8 Å². The van der Waals surface area contributed by atoms with Crippen LogP contribution >= 0.6 is 11.6 Å². The normalized spacial score (nSPS) is 10.8. The monoisotopic (exact) mass is 392 g/mol. The van der Waals surface area contributed by atoms with Crippen LogP contribution in [0.15, 0.2) is 42.5 Å². The lowest BCUT2D eigenvalue weighted by molar-refractivity contribution is 0.269. The zero-order valence-corrected chi connectivity index (χ0v) is 16.6. The average Bonchev–Trinajstić information content (AvgIpc) is 2.67. The molecule has 0 aliphatic carbocycles. The second-order valence-corrected chi connectivity index (χ2v) is 6.57. The maximum absolute atomic E-state index is 8.72. The predicted octanol–water partition coefficient (Wildman–Crippen LogP) is 3.38. The summed E-state index contributed by atoms with van der Waals surface area (Å²) < 4.78 is 11.7. The van der Waals surface area contributed by atoms with Gasteiger partial charge in [0.15, 0.2) is 11.5 Å².